The summed E-state index contributed by atoms with van der Waals surface area (Å²) >= 11 is 0. The highest BCUT2D eigenvalue weighted by Gasteiger charge is 2.39. The summed E-state index contributed by atoms with van der Waals surface area (Å²) in [5.74, 6) is 2.65. The Balaban J connectivity index is 1.21. The molecule has 3 aliphatic rings. The molecule has 4 heterocycles. The average molecular weight is 590 g/mol. The summed E-state index contributed by atoms with van der Waals surface area (Å²) in [5, 5.41) is 5.18. The fourth-order valence-electron chi connectivity index (χ4n) is 6.26. The van der Waals surface area contributed by atoms with Crippen molar-refractivity contribution in [2.24, 2.45) is 5.92 Å². The summed E-state index contributed by atoms with van der Waals surface area (Å²) in [6.07, 6.45) is 6.28. The van der Waals surface area contributed by atoms with Crippen LogP contribution in [0.5, 0.6) is 0 Å². The Morgan fingerprint density at radius 1 is 1.10 bits per heavy atom. The Hall–Kier alpha value is -2.86. The zero-order valence-electron chi connectivity index (χ0n) is 25.0. The number of aromatic nitrogens is 3. The van der Waals surface area contributed by atoms with Gasteiger partial charge in [0.1, 0.15) is 51.2 Å². The van der Waals surface area contributed by atoms with Gasteiger partial charge in [-0.05, 0) is 66.6 Å². The first-order chi connectivity index (χ1) is 19.8. The van der Waals surface area contributed by atoms with E-state index in [1.54, 1.807) is 12.3 Å². The van der Waals surface area contributed by atoms with E-state index >= 15 is 0 Å². The van der Waals surface area contributed by atoms with Gasteiger partial charge in [-0.2, -0.15) is 4.98 Å². The third kappa shape index (κ3) is 6.39. The number of nitrogens with one attached hydrogen (secondary N) is 1. The molecule has 1 N–H and O–H groups in total. The summed E-state index contributed by atoms with van der Waals surface area (Å²) in [4.78, 5) is 18.0. The highest BCUT2D eigenvalue weighted by atomic mass is 32.2. The molecule has 0 unspecified atom stereocenters. The van der Waals surface area contributed by atoms with Crippen molar-refractivity contribution in [1.82, 2.24) is 15.0 Å². The van der Waals surface area contributed by atoms with E-state index in [1.807, 2.05) is 34.6 Å². The zero-order valence-corrected chi connectivity index (χ0v) is 25.9. The topological polar surface area (TPSA) is 101 Å². The molecule has 4 atom stereocenters. The summed E-state index contributed by atoms with van der Waals surface area (Å²) in [7, 11) is 2.82. The third-order valence-electron chi connectivity index (χ3n) is 8.53. The number of fused-ring (bicyclic) bond motifs is 1. The molecule has 0 bridgehead atoms. The molecule has 2 aromatic heterocycles. The number of pyridine rings is 1. The number of sulfone groups is 1. The second kappa shape index (κ2) is 11.0. The Labute approximate surface area is 250 Å². The number of hydrogen-bond donors (Lipinski definition) is 1. The van der Waals surface area contributed by atoms with Crippen LogP contribution in [0.3, 0.4) is 0 Å². The van der Waals surface area contributed by atoms with Crippen LogP contribution in [0.4, 0.5) is 27.7 Å². The second-order valence-electron chi connectivity index (χ2n) is 13.2. The Morgan fingerprint density at radius 3 is 2.55 bits per heavy atom. The summed E-state index contributed by atoms with van der Waals surface area (Å²) in [6, 6.07) is 8.40. The summed E-state index contributed by atoms with van der Waals surface area (Å²) < 4.78 is 44.6. The lowest BCUT2D eigenvalue weighted by Gasteiger charge is -2.48. The van der Waals surface area contributed by atoms with Gasteiger partial charge in [-0.15, -0.1) is 0 Å². The maximum absolute atomic E-state index is 15.0. The van der Waals surface area contributed by atoms with Crippen LogP contribution in [0.1, 0.15) is 37.7 Å². The van der Waals surface area contributed by atoms with E-state index in [0.29, 0.717) is 36.5 Å². The van der Waals surface area contributed by atoms with Gasteiger partial charge in [0.05, 0.1) is 18.4 Å². The quantitative estimate of drug-likeness (QED) is 0.366. The van der Waals surface area contributed by atoms with Crippen molar-refractivity contribution in [2.45, 2.75) is 55.7 Å². The Kier molecular flexibility index (Phi) is 7.66. The van der Waals surface area contributed by atoms with Gasteiger partial charge in [0.2, 0.25) is 5.95 Å². The second-order valence-corrected chi connectivity index (χ2v) is 15.4. The molecule has 220 valence electrons. The Morgan fingerprint density at radius 2 is 1.88 bits per heavy atom. The maximum Gasteiger partial charge on any atom is 0.227 e. The van der Waals surface area contributed by atoms with Gasteiger partial charge in [0.15, 0.2) is 0 Å². The van der Waals surface area contributed by atoms with E-state index in [0.717, 1.165) is 23.0 Å². The van der Waals surface area contributed by atoms with Gasteiger partial charge in [-0.1, -0.05) is 6.07 Å². The Bertz CT molecular complexity index is 1590. The molecule has 1 aliphatic carbocycles. The number of ether oxygens (including phenoxy) is 1. The number of hydrogen-bond acceptors (Lipinski definition) is 9. The summed E-state index contributed by atoms with van der Waals surface area (Å²) in [5.41, 5.74) is 2.41. The molecular weight excluding hydrogens is 552 g/mol. The van der Waals surface area contributed by atoms with Gasteiger partial charge in [-0.3, -0.25) is 0 Å². The van der Waals surface area contributed by atoms with Crippen molar-refractivity contribution in [3.63, 3.8) is 0 Å². The fraction of sp³-hybridized carbons (Fsp3) is 0.536. The molecule has 0 amide bonds. The molecule has 9 nitrogen and oxygen atoms in total. The minimum absolute atomic E-state index is 0.128. The van der Waals surface area contributed by atoms with Crippen molar-refractivity contribution >= 4 is 67.4 Å². The van der Waals surface area contributed by atoms with Crippen LogP contribution in [0.15, 0.2) is 36.7 Å². The van der Waals surface area contributed by atoms with Gasteiger partial charge in [0, 0.05) is 54.8 Å². The van der Waals surface area contributed by atoms with Crippen LogP contribution in [0.2, 0.25) is 0 Å². The molecule has 3 fully saturated rings. The maximum atomic E-state index is 15.0. The predicted octanol–water partition coefficient (Wildman–Crippen LogP) is 0.959. The number of piperidine rings is 1. The molecule has 0 radical (unpaired) electrons. The minimum atomic E-state index is -3.02. The molecule has 2 saturated heterocycles. The molecule has 1 aromatic carbocycles. The van der Waals surface area contributed by atoms with E-state index in [4.69, 9.17) is 14.7 Å². The number of halogens is 1. The van der Waals surface area contributed by atoms with Crippen molar-refractivity contribution in [3.8, 4) is 0 Å². The first kappa shape index (κ1) is 29.2. The number of anilines is 4. The number of alkyl halides is 1. The lowest BCUT2D eigenvalue weighted by atomic mass is 9.52. The largest absolute Gasteiger partial charge is 0.394 e. The van der Waals surface area contributed by atoms with Gasteiger partial charge >= 0.3 is 0 Å². The normalized spacial score (nSPS) is 24.9. The molecule has 42 heavy (non-hydrogen) atoms. The highest BCUT2D eigenvalue weighted by molar-refractivity contribution is 7.90. The molecule has 1 saturated carbocycles. The first-order valence-electron chi connectivity index (χ1n) is 14.9. The molecule has 2 aliphatic heterocycles. The van der Waals surface area contributed by atoms with Gasteiger partial charge < -0.3 is 19.9 Å². The number of rotatable bonds is 9. The van der Waals surface area contributed by atoms with E-state index in [2.05, 4.69) is 40.3 Å². The van der Waals surface area contributed by atoms with Gasteiger partial charge in [0.25, 0.3) is 0 Å². The van der Waals surface area contributed by atoms with Crippen LogP contribution in [-0.2, 0) is 14.6 Å². The number of benzene rings is 1. The van der Waals surface area contributed by atoms with Crippen molar-refractivity contribution in [1.29, 1.82) is 0 Å². The lowest BCUT2D eigenvalue weighted by molar-refractivity contribution is -0.0185. The van der Waals surface area contributed by atoms with Crippen LogP contribution in [0.25, 0.3) is 10.8 Å². The van der Waals surface area contributed by atoms with Crippen LogP contribution >= 0.6 is 0 Å². The monoisotopic (exact) mass is 590 g/mol. The standard InChI is InChI=1S/C28H38B3FN6O3S/c1-16-18(15-42(2,39)40)13-38(16)23-6-5-19(17-3-4-17)20-11-26(34-12-21(20)23)35-25-7-9-33-27(36-25)37-10-8-24(22(32)14-37)41-28(29,30)31/h5-7,9,11-12,16-18,22,24H,3-4,8,10,13-15,29-31H2,1-2H3,(H,33,34,35,36)/t16-,18-,22-,24+/m1/s1. The lowest BCUT2D eigenvalue weighted by Crippen LogP contribution is -2.57. The average Bonchev–Trinajstić information content (AvgIpc) is 3.76. The third-order valence-corrected chi connectivity index (χ3v) is 9.56. The molecule has 6 rings (SSSR count). The van der Waals surface area contributed by atoms with Crippen molar-refractivity contribution in [3.05, 3.63) is 42.2 Å². The van der Waals surface area contributed by atoms with Crippen LogP contribution in [-0.4, -0.2) is 102 Å². The van der Waals surface area contributed by atoms with E-state index in [1.165, 1.54) is 24.7 Å². The van der Waals surface area contributed by atoms with Crippen molar-refractivity contribution < 1.29 is 17.5 Å². The molecule has 0 spiro atoms. The fourth-order valence-corrected chi connectivity index (χ4v) is 7.42. The van der Waals surface area contributed by atoms with E-state index in [-0.39, 0.29) is 24.3 Å². The molecule has 3 aromatic rings. The highest BCUT2D eigenvalue weighted by Crippen LogP contribution is 2.46. The minimum Gasteiger partial charge on any atom is -0.394 e. The molecular formula is C28H38B3FN6O3S. The molecule has 14 heteroatoms. The summed E-state index contributed by atoms with van der Waals surface area (Å²) in [6.45, 7) is 3.62. The van der Waals surface area contributed by atoms with Crippen molar-refractivity contribution in [2.75, 3.05) is 46.8 Å². The van der Waals surface area contributed by atoms with Gasteiger partial charge in [-0.25, -0.2) is 22.8 Å². The predicted molar refractivity (Wildman–Crippen MR) is 174 cm³/mol. The SMILES string of the molecule is BC(B)(B)O[C@H]1CCN(c2nccc(Nc3cc4c(C5CC5)ccc(N5C[C@H](CS(C)(=O)=O)[C@H]5C)c4cn3)n2)C[C@H]1F. The zero-order chi connectivity index (χ0) is 29.8. The van der Waals surface area contributed by atoms with Crippen LogP contribution < -0.4 is 15.1 Å². The first-order valence-corrected chi connectivity index (χ1v) is 16.9. The van der Waals surface area contributed by atoms with Crippen LogP contribution in [0, 0.1) is 5.92 Å². The number of nitrogens with zero attached hydrogens (tertiary/aromatic N) is 5. The smallest absolute Gasteiger partial charge is 0.227 e. The van der Waals surface area contributed by atoms with E-state index in [9.17, 15) is 12.8 Å². The van der Waals surface area contributed by atoms with E-state index < -0.39 is 27.4 Å².